The van der Waals surface area contributed by atoms with Crippen LogP contribution in [0, 0.1) is 0 Å². The lowest BCUT2D eigenvalue weighted by molar-refractivity contribution is -0.121. The van der Waals surface area contributed by atoms with Crippen LogP contribution in [0.4, 0.5) is 5.69 Å². The van der Waals surface area contributed by atoms with Gasteiger partial charge in [0.2, 0.25) is 0 Å². The Morgan fingerprint density at radius 2 is 2.07 bits per heavy atom. The smallest absolute Gasteiger partial charge is 0.197 e. The second-order valence-electron chi connectivity index (χ2n) is 3.44. The second kappa shape index (κ2) is 5.09. The Labute approximate surface area is 95.0 Å². The number of benzene rings is 1. The van der Waals surface area contributed by atoms with E-state index in [0.717, 1.165) is 31.7 Å². The summed E-state index contributed by atoms with van der Waals surface area (Å²) in [6.07, 6.45) is 2.25. The zero-order valence-electron chi connectivity index (χ0n) is 8.48. The van der Waals surface area contributed by atoms with E-state index in [1.54, 1.807) is 5.06 Å². The molecule has 0 amide bonds. The maximum Gasteiger partial charge on any atom is 0.197 e. The zero-order valence-corrected chi connectivity index (χ0v) is 9.30. The molecule has 0 aliphatic carbocycles. The van der Waals surface area contributed by atoms with Gasteiger partial charge in [0.25, 0.3) is 0 Å². The van der Waals surface area contributed by atoms with Crippen LogP contribution in [0.5, 0.6) is 0 Å². The minimum Gasteiger partial charge on any atom is -0.331 e. The summed E-state index contributed by atoms with van der Waals surface area (Å²) in [5.41, 5.74) is 0.997. The maximum absolute atomic E-state index is 5.44. The molecule has 0 aromatic heterocycles. The molecule has 3 nitrogen and oxygen atoms in total. The third-order valence-corrected chi connectivity index (χ3v) is 2.56. The average molecular weight is 222 g/mol. The summed E-state index contributed by atoms with van der Waals surface area (Å²) in [5, 5.41) is 5.54. The molecule has 0 atom stereocenters. The molecule has 2 rings (SSSR count). The Morgan fingerprint density at radius 1 is 1.27 bits per heavy atom. The van der Waals surface area contributed by atoms with Crippen molar-refractivity contribution in [2.24, 2.45) is 0 Å². The van der Waals surface area contributed by atoms with Crippen molar-refractivity contribution >= 4 is 23.0 Å². The van der Waals surface area contributed by atoms with Crippen molar-refractivity contribution in [3.8, 4) is 0 Å². The lowest BCUT2D eigenvalue weighted by atomic mass is 10.3. The molecule has 0 saturated carbocycles. The van der Waals surface area contributed by atoms with Crippen molar-refractivity contribution in [3.05, 3.63) is 30.3 Å². The van der Waals surface area contributed by atoms with Crippen molar-refractivity contribution in [2.75, 3.05) is 18.5 Å². The number of anilines is 1. The number of hydrogen-bond donors (Lipinski definition) is 1. The Bertz CT molecular complexity index is 323. The van der Waals surface area contributed by atoms with Crippen molar-refractivity contribution in [1.29, 1.82) is 0 Å². The van der Waals surface area contributed by atoms with Gasteiger partial charge in [-0.15, -0.1) is 0 Å². The van der Waals surface area contributed by atoms with Gasteiger partial charge in [-0.3, -0.25) is 4.84 Å². The van der Waals surface area contributed by atoms with Crippen LogP contribution in [0.1, 0.15) is 12.8 Å². The van der Waals surface area contributed by atoms with E-state index in [1.165, 1.54) is 0 Å². The van der Waals surface area contributed by atoms with Gasteiger partial charge in [0.15, 0.2) is 5.11 Å². The predicted octanol–water partition coefficient (Wildman–Crippen LogP) is 2.41. The summed E-state index contributed by atoms with van der Waals surface area (Å²) in [6.45, 7) is 1.63. The van der Waals surface area contributed by atoms with Crippen LogP contribution in [-0.4, -0.2) is 23.3 Å². The van der Waals surface area contributed by atoms with Gasteiger partial charge in [0.1, 0.15) is 0 Å². The first kappa shape index (κ1) is 10.4. The lowest BCUT2D eigenvalue weighted by Gasteiger charge is -2.28. The third-order valence-electron chi connectivity index (χ3n) is 2.25. The summed E-state index contributed by atoms with van der Waals surface area (Å²) < 4.78 is 0. The van der Waals surface area contributed by atoms with Crippen molar-refractivity contribution in [1.82, 2.24) is 5.06 Å². The fraction of sp³-hybridized carbons (Fsp3) is 0.364. The van der Waals surface area contributed by atoms with E-state index >= 15 is 0 Å². The molecule has 1 aliphatic rings. The number of hydrogen-bond acceptors (Lipinski definition) is 2. The van der Waals surface area contributed by atoms with E-state index in [0.29, 0.717) is 5.11 Å². The Morgan fingerprint density at radius 3 is 2.73 bits per heavy atom. The van der Waals surface area contributed by atoms with Gasteiger partial charge in [-0.2, -0.15) is 0 Å². The van der Waals surface area contributed by atoms with Crippen LogP contribution in [0.25, 0.3) is 0 Å². The zero-order chi connectivity index (χ0) is 10.5. The highest BCUT2D eigenvalue weighted by atomic mass is 32.1. The first-order valence-electron chi connectivity index (χ1n) is 5.13. The van der Waals surface area contributed by atoms with E-state index < -0.39 is 0 Å². The molecule has 1 aromatic rings. The minimum atomic E-state index is 0.640. The van der Waals surface area contributed by atoms with Crippen molar-refractivity contribution in [2.45, 2.75) is 12.8 Å². The molecule has 1 heterocycles. The van der Waals surface area contributed by atoms with Crippen LogP contribution in [0.15, 0.2) is 30.3 Å². The molecule has 0 radical (unpaired) electrons. The van der Waals surface area contributed by atoms with Crippen LogP contribution in [0.2, 0.25) is 0 Å². The normalized spacial score (nSPS) is 16.1. The van der Waals surface area contributed by atoms with Gasteiger partial charge in [0.05, 0.1) is 6.61 Å². The highest BCUT2D eigenvalue weighted by Crippen LogP contribution is 2.10. The van der Waals surface area contributed by atoms with Crippen LogP contribution < -0.4 is 5.32 Å². The van der Waals surface area contributed by atoms with Crippen LogP contribution in [-0.2, 0) is 4.84 Å². The Kier molecular flexibility index (Phi) is 3.53. The van der Waals surface area contributed by atoms with E-state index in [1.807, 2.05) is 30.3 Å². The molecule has 80 valence electrons. The highest BCUT2D eigenvalue weighted by molar-refractivity contribution is 7.80. The van der Waals surface area contributed by atoms with Gasteiger partial charge >= 0.3 is 0 Å². The largest absolute Gasteiger partial charge is 0.331 e. The summed E-state index contributed by atoms with van der Waals surface area (Å²) in [5.74, 6) is 0. The Balaban J connectivity index is 1.91. The quantitative estimate of drug-likeness (QED) is 0.737. The molecule has 1 aromatic carbocycles. The number of hydroxylamine groups is 2. The molecule has 15 heavy (non-hydrogen) atoms. The third kappa shape index (κ3) is 2.91. The molecule has 1 saturated heterocycles. The standard InChI is InChI=1S/C11H14N2OS/c15-11(13-8-4-5-9-14-13)12-10-6-2-1-3-7-10/h1-3,6-7H,4-5,8-9H2,(H,12,15). The summed E-state index contributed by atoms with van der Waals surface area (Å²) in [6, 6.07) is 9.89. The fourth-order valence-electron chi connectivity index (χ4n) is 1.46. The second-order valence-corrected chi connectivity index (χ2v) is 3.83. The lowest BCUT2D eigenvalue weighted by Crippen LogP contribution is -2.38. The van der Waals surface area contributed by atoms with E-state index in [2.05, 4.69) is 5.32 Å². The molecule has 1 N–H and O–H groups in total. The van der Waals surface area contributed by atoms with Gasteiger partial charge in [0, 0.05) is 12.2 Å². The first-order chi connectivity index (χ1) is 7.36. The highest BCUT2D eigenvalue weighted by Gasteiger charge is 2.13. The van der Waals surface area contributed by atoms with Gasteiger partial charge < -0.3 is 5.32 Å². The Hall–Kier alpha value is -1.13. The molecular weight excluding hydrogens is 208 g/mol. The molecule has 0 spiro atoms. The molecule has 1 fully saturated rings. The van der Waals surface area contributed by atoms with E-state index in [-0.39, 0.29) is 0 Å². The number of para-hydroxylation sites is 1. The number of thiocarbonyl (C=S) groups is 1. The predicted molar refractivity (Wildman–Crippen MR) is 64.6 cm³/mol. The van der Waals surface area contributed by atoms with Crippen LogP contribution >= 0.6 is 12.2 Å². The fourth-order valence-corrected chi connectivity index (χ4v) is 1.73. The maximum atomic E-state index is 5.44. The molecule has 4 heteroatoms. The SMILES string of the molecule is S=C(Nc1ccccc1)N1CCCCO1. The average Bonchev–Trinajstić information content (AvgIpc) is 2.31. The van der Waals surface area contributed by atoms with Crippen molar-refractivity contribution < 1.29 is 4.84 Å². The summed E-state index contributed by atoms with van der Waals surface area (Å²) >= 11 is 5.25. The molecule has 1 aliphatic heterocycles. The van der Waals surface area contributed by atoms with Crippen molar-refractivity contribution in [3.63, 3.8) is 0 Å². The van der Waals surface area contributed by atoms with E-state index in [9.17, 15) is 0 Å². The number of nitrogens with zero attached hydrogens (tertiary/aromatic N) is 1. The molecule has 0 unspecified atom stereocenters. The van der Waals surface area contributed by atoms with Gasteiger partial charge in [-0.05, 0) is 37.2 Å². The van der Waals surface area contributed by atoms with Gasteiger partial charge in [-0.1, -0.05) is 18.2 Å². The molecular formula is C11H14N2OS. The summed E-state index contributed by atoms with van der Waals surface area (Å²) in [4.78, 5) is 5.44. The number of nitrogens with one attached hydrogen (secondary N) is 1. The summed E-state index contributed by atoms with van der Waals surface area (Å²) in [7, 11) is 0. The van der Waals surface area contributed by atoms with E-state index in [4.69, 9.17) is 17.1 Å². The topological polar surface area (TPSA) is 24.5 Å². The molecule has 0 bridgehead atoms. The first-order valence-corrected chi connectivity index (χ1v) is 5.53. The van der Waals surface area contributed by atoms with Gasteiger partial charge in [-0.25, -0.2) is 5.06 Å². The van der Waals surface area contributed by atoms with Crippen LogP contribution in [0.3, 0.4) is 0 Å². The minimum absolute atomic E-state index is 0.640. The monoisotopic (exact) mass is 222 g/mol. The number of rotatable bonds is 1.